The minimum atomic E-state index is -4.82. The van der Waals surface area contributed by atoms with Gasteiger partial charge in [0, 0.05) is 12.3 Å². The van der Waals surface area contributed by atoms with Gasteiger partial charge in [0.25, 0.3) is 0 Å². The SMILES string of the molecule is CNC(CS(C)(=O)=O)c1ccc(F)c(C(F)(F)F)c1. The third kappa shape index (κ3) is 4.46. The molecular formula is C11H13F4NO2S. The molecule has 0 spiro atoms. The van der Waals surface area contributed by atoms with Gasteiger partial charge in [0.1, 0.15) is 15.7 Å². The van der Waals surface area contributed by atoms with Crippen molar-refractivity contribution in [2.75, 3.05) is 19.1 Å². The van der Waals surface area contributed by atoms with Crippen LogP contribution < -0.4 is 5.32 Å². The smallest absolute Gasteiger partial charge is 0.312 e. The lowest BCUT2D eigenvalue weighted by Crippen LogP contribution is -2.25. The lowest BCUT2D eigenvalue weighted by molar-refractivity contribution is -0.140. The second kappa shape index (κ2) is 5.46. The average molecular weight is 299 g/mol. The minimum Gasteiger partial charge on any atom is -0.312 e. The fraction of sp³-hybridized carbons (Fsp3) is 0.455. The number of benzene rings is 1. The van der Waals surface area contributed by atoms with Crippen molar-refractivity contribution in [2.45, 2.75) is 12.2 Å². The Balaban J connectivity index is 3.20. The van der Waals surface area contributed by atoms with E-state index in [0.717, 1.165) is 12.3 Å². The number of rotatable bonds is 4. The summed E-state index contributed by atoms with van der Waals surface area (Å²) in [6, 6.07) is 1.63. The normalized spacial score (nSPS) is 14.4. The highest BCUT2D eigenvalue weighted by molar-refractivity contribution is 7.90. The maximum Gasteiger partial charge on any atom is 0.419 e. The Morgan fingerprint density at radius 3 is 2.32 bits per heavy atom. The first kappa shape index (κ1) is 15.9. The van der Waals surface area contributed by atoms with E-state index in [1.165, 1.54) is 7.05 Å². The molecule has 1 unspecified atom stereocenters. The third-order valence-corrected chi connectivity index (χ3v) is 3.45. The van der Waals surface area contributed by atoms with Crippen LogP contribution in [0.15, 0.2) is 18.2 Å². The summed E-state index contributed by atoms with van der Waals surface area (Å²) < 4.78 is 73.2. The van der Waals surface area contributed by atoms with Crippen LogP contribution in [-0.2, 0) is 16.0 Å². The summed E-state index contributed by atoms with van der Waals surface area (Å²) in [6.07, 6.45) is -3.84. The number of hydrogen-bond donors (Lipinski definition) is 1. The fourth-order valence-electron chi connectivity index (χ4n) is 1.63. The summed E-state index contributed by atoms with van der Waals surface area (Å²) in [4.78, 5) is 0. The highest BCUT2D eigenvalue weighted by atomic mass is 32.2. The summed E-state index contributed by atoms with van der Waals surface area (Å²) in [5.41, 5.74) is -1.33. The Morgan fingerprint density at radius 1 is 1.32 bits per heavy atom. The topological polar surface area (TPSA) is 46.2 Å². The molecule has 0 aliphatic heterocycles. The van der Waals surface area contributed by atoms with Crippen LogP contribution in [0.25, 0.3) is 0 Å². The van der Waals surface area contributed by atoms with Crippen LogP contribution in [0.2, 0.25) is 0 Å². The van der Waals surface area contributed by atoms with Crippen molar-refractivity contribution in [3.8, 4) is 0 Å². The predicted octanol–water partition coefficient (Wildman–Crippen LogP) is 2.15. The highest BCUT2D eigenvalue weighted by Crippen LogP contribution is 2.33. The first-order valence-corrected chi connectivity index (χ1v) is 7.32. The number of nitrogens with one attached hydrogen (secondary N) is 1. The quantitative estimate of drug-likeness (QED) is 0.867. The van der Waals surface area contributed by atoms with Crippen LogP contribution in [0.3, 0.4) is 0 Å². The third-order valence-electron chi connectivity index (χ3n) is 2.52. The van der Waals surface area contributed by atoms with E-state index in [-0.39, 0.29) is 11.3 Å². The summed E-state index contributed by atoms with van der Waals surface area (Å²) in [7, 11) is -1.96. The van der Waals surface area contributed by atoms with Gasteiger partial charge >= 0.3 is 6.18 Å². The van der Waals surface area contributed by atoms with Gasteiger partial charge in [0.2, 0.25) is 0 Å². The molecule has 1 aromatic carbocycles. The van der Waals surface area contributed by atoms with E-state index in [1.807, 2.05) is 0 Å². The number of halogens is 4. The maximum absolute atomic E-state index is 13.1. The summed E-state index contributed by atoms with van der Waals surface area (Å²) in [5, 5.41) is 2.60. The zero-order valence-electron chi connectivity index (χ0n) is 10.3. The minimum absolute atomic E-state index is 0.0710. The van der Waals surface area contributed by atoms with E-state index in [2.05, 4.69) is 5.32 Å². The van der Waals surface area contributed by atoms with Gasteiger partial charge in [0.05, 0.1) is 11.3 Å². The molecule has 3 nitrogen and oxygen atoms in total. The van der Waals surface area contributed by atoms with E-state index in [1.54, 1.807) is 0 Å². The van der Waals surface area contributed by atoms with Gasteiger partial charge in [-0.3, -0.25) is 0 Å². The molecule has 0 saturated heterocycles. The summed E-state index contributed by atoms with van der Waals surface area (Å²) in [5.74, 6) is -1.75. The lowest BCUT2D eigenvalue weighted by Gasteiger charge is -2.17. The van der Waals surface area contributed by atoms with Crippen LogP contribution in [-0.4, -0.2) is 27.5 Å². The van der Waals surface area contributed by atoms with Crippen molar-refractivity contribution in [2.24, 2.45) is 0 Å². The number of alkyl halides is 3. The molecule has 8 heteroatoms. The van der Waals surface area contributed by atoms with Crippen molar-refractivity contribution in [1.82, 2.24) is 5.32 Å². The molecule has 108 valence electrons. The largest absolute Gasteiger partial charge is 0.419 e. The molecule has 1 aromatic rings. The first-order chi connectivity index (χ1) is 8.54. The van der Waals surface area contributed by atoms with Gasteiger partial charge in [-0.1, -0.05) is 6.07 Å². The van der Waals surface area contributed by atoms with Crippen molar-refractivity contribution in [1.29, 1.82) is 0 Å². The van der Waals surface area contributed by atoms with E-state index in [0.29, 0.717) is 12.1 Å². The van der Waals surface area contributed by atoms with Gasteiger partial charge in [-0.15, -0.1) is 0 Å². The molecule has 0 heterocycles. The zero-order valence-corrected chi connectivity index (χ0v) is 11.1. The molecule has 0 radical (unpaired) electrons. The molecule has 0 saturated carbocycles. The molecule has 1 rings (SSSR count). The Kier molecular flexibility index (Phi) is 4.57. The van der Waals surface area contributed by atoms with Gasteiger partial charge in [-0.25, -0.2) is 12.8 Å². The highest BCUT2D eigenvalue weighted by Gasteiger charge is 2.34. The Labute approximate surface area is 108 Å². The van der Waals surface area contributed by atoms with Crippen molar-refractivity contribution in [3.63, 3.8) is 0 Å². The molecule has 1 N–H and O–H groups in total. The van der Waals surface area contributed by atoms with Gasteiger partial charge in [-0.2, -0.15) is 13.2 Å². The van der Waals surface area contributed by atoms with E-state index < -0.39 is 33.4 Å². The monoisotopic (exact) mass is 299 g/mol. The van der Waals surface area contributed by atoms with Gasteiger partial charge in [0.15, 0.2) is 0 Å². The summed E-state index contributed by atoms with van der Waals surface area (Å²) >= 11 is 0. The predicted molar refractivity (Wildman–Crippen MR) is 62.9 cm³/mol. The molecule has 0 aliphatic carbocycles. The van der Waals surface area contributed by atoms with Crippen LogP contribution in [0.5, 0.6) is 0 Å². The van der Waals surface area contributed by atoms with E-state index in [9.17, 15) is 26.0 Å². The second-order valence-corrected chi connectivity index (χ2v) is 6.36. The van der Waals surface area contributed by atoms with Crippen molar-refractivity contribution in [3.05, 3.63) is 35.1 Å². The molecular weight excluding hydrogens is 286 g/mol. The van der Waals surface area contributed by atoms with Crippen LogP contribution in [0, 0.1) is 5.82 Å². The standard InChI is InChI=1S/C11H13F4NO2S/c1-16-10(6-19(2,17)18)7-3-4-9(12)8(5-7)11(13,14)15/h3-5,10,16H,6H2,1-2H3. The molecule has 0 aromatic heterocycles. The molecule has 0 aliphatic rings. The molecule has 1 atom stereocenters. The fourth-order valence-corrected chi connectivity index (χ4v) is 2.59. The van der Waals surface area contributed by atoms with Crippen LogP contribution >= 0.6 is 0 Å². The van der Waals surface area contributed by atoms with Crippen molar-refractivity contribution < 1.29 is 26.0 Å². The molecule has 0 bridgehead atoms. The van der Waals surface area contributed by atoms with Gasteiger partial charge < -0.3 is 5.32 Å². The zero-order chi connectivity index (χ0) is 14.8. The first-order valence-electron chi connectivity index (χ1n) is 5.26. The van der Waals surface area contributed by atoms with E-state index >= 15 is 0 Å². The Morgan fingerprint density at radius 2 is 1.89 bits per heavy atom. The summed E-state index contributed by atoms with van der Waals surface area (Å²) in [6.45, 7) is 0. The second-order valence-electron chi connectivity index (χ2n) is 4.17. The lowest BCUT2D eigenvalue weighted by atomic mass is 10.0. The van der Waals surface area contributed by atoms with Crippen molar-refractivity contribution >= 4 is 9.84 Å². The Bertz CT molecular complexity index is 554. The molecule has 0 amide bonds. The van der Waals surface area contributed by atoms with E-state index in [4.69, 9.17) is 0 Å². The van der Waals surface area contributed by atoms with Crippen LogP contribution in [0.1, 0.15) is 17.2 Å². The number of sulfone groups is 1. The molecule has 0 fully saturated rings. The Hall–Kier alpha value is -1.15. The average Bonchev–Trinajstić information content (AvgIpc) is 2.24. The number of hydrogen-bond acceptors (Lipinski definition) is 3. The molecule has 19 heavy (non-hydrogen) atoms. The van der Waals surface area contributed by atoms with Gasteiger partial charge in [-0.05, 0) is 24.7 Å². The van der Waals surface area contributed by atoms with Crippen LogP contribution in [0.4, 0.5) is 17.6 Å². The maximum atomic E-state index is 13.1.